The Morgan fingerprint density at radius 2 is 1.79 bits per heavy atom. The van der Waals surface area contributed by atoms with Gasteiger partial charge in [0.05, 0.1) is 0 Å². The molecule has 0 spiro atoms. The summed E-state index contributed by atoms with van der Waals surface area (Å²) in [6.45, 7) is 5.00. The van der Waals surface area contributed by atoms with Crippen LogP contribution in [0.15, 0.2) is 48.5 Å². The minimum atomic E-state index is 0.117. The van der Waals surface area contributed by atoms with Gasteiger partial charge in [-0.15, -0.1) is 0 Å². The van der Waals surface area contributed by atoms with Crippen LogP contribution in [0.25, 0.3) is 0 Å². The molecule has 0 bridgehead atoms. The molecule has 0 atom stereocenters. The first-order valence-electron chi connectivity index (χ1n) is 6.41. The van der Waals surface area contributed by atoms with Gasteiger partial charge in [-0.1, -0.05) is 18.2 Å². The smallest absolute Gasteiger partial charge is 0.123 e. The maximum absolute atomic E-state index is 7.53. The number of hydrogen-bond donors (Lipinski definition) is 2. The van der Waals surface area contributed by atoms with Crippen molar-refractivity contribution < 1.29 is 0 Å². The second-order valence-electron chi connectivity index (χ2n) is 4.49. The molecule has 2 aromatic rings. The molecular weight excluding hydrogens is 234 g/mol. The zero-order chi connectivity index (χ0) is 13.8. The maximum atomic E-state index is 7.53. The summed E-state index contributed by atoms with van der Waals surface area (Å²) < 4.78 is 0. The predicted molar refractivity (Wildman–Crippen MR) is 81.3 cm³/mol. The highest BCUT2D eigenvalue weighted by atomic mass is 15.1. The molecule has 0 saturated carbocycles. The van der Waals surface area contributed by atoms with E-state index in [1.54, 1.807) is 0 Å². The lowest BCUT2D eigenvalue weighted by atomic mass is 10.1. The molecule has 19 heavy (non-hydrogen) atoms. The Bertz CT molecular complexity index is 576. The number of benzene rings is 2. The second-order valence-corrected chi connectivity index (χ2v) is 4.49. The number of hydrogen-bond acceptors (Lipinski definition) is 2. The van der Waals surface area contributed by atoms with Crippen molar-refractivity contribution in [3.8, 4) is 0 Å². The van der Waals surface area contributed by atoms with Crippen LogP contribution in [0, 0.1) is 12.3 Å². The van der Waals surface area contributed by atoms with Crippen molar-refractivity contribution in [1.82, 2.24) is 0 Å². The van der Waals surface area contributed by atoms with E-state index in [1.165, 1.54) is 5.69 Å². The van der Waals surface area contributed by atoms with Crippen LogP contribution in [0.1, 0.15) is 18.1 Å². The van der Waals surface area contributed by atoms with Crippen LogP contribution in [0.2, 0.25) is 0 Å². The quantitative estimate of drug-likeness (QED) is 0.648. The van der Waals surface area contributed by atoms with Gasteiger partial charge in [0.25, 0.3) is 0 Å². The monoisotopic (exact) mass is 253 g/mol. The van der Waals surface area contributed by atoms with Gasteiger partial charge in [0, 0.05) is 23.5 Å². The zero-order valence-corrected chi connectivity index (χ0v) is 11.4. The van der Waals surface area contributed by atoms with Crippen molar-refractivity contribution in [2.75, 3.05) is 11.4 Å². The number of rotatable bonds is 4. The van der Waals surface area contributed by atoms with E-state index in [1.807, 2.05) is 37.3 Å². The van der Waals surface area contributed by atoms with Gasteiger partial charge in [-0.3, -0.25) is 5.41 Å². The first kappa shape index (κ1) is 13.1. The first-order chi connectivity index (χ1) is 9.13. The fourth-order valence-corrected chi connectivity index (χ4v) is 2.24. The Labute approximate surface area is 114 Å². The number of nitrogens with one attached hydrogen (secondary N) is 1. The Balaban J connectivity index is 2.40. The molecule has 0 saturated heterocycles. The van der Waals surface area contributed by atoms with Crippen molar-refractivity contribution in [3.63, 3.8) is 0 Å². The molecular formula is C16H19N3. The van der Waals surface area contributed by atoms with Gasteiger partial charge in [-0.25, -0.2) is 0 Å². The summed E-state index contributed by atoms with van der Waals surface area (Å²) >= 11 is 0. The summed E-state index contributed by atoms with van der Waals surface area (Å²) in [5.41, 5.74) is 9.67. The molecule has 0 fully saturated rings. The Kier molecular flexibility index (Phi) is 3.85. The molecule has 0 heterocycles. The SMILES string of the molecule is CCN(c1ccccc1)c1ccc(C(=N)N)c(C)c1. The molecule has 3 N–H and O–H groups in total. The average molecular weight is 253 g/mol. The maximum Gasteiger partial charge on any atom is 0.123 e. The third-order valence-corrected chi connectivity index (χ3v) is 3.20. The Morgan fingerprint density at radius 1 is 1.11 bits per heavy atom. The van der Waals surface area contributed by atoms with Crippen LogP contribution in [-0.4, -0.2) is 12.4 Å². The largest absolute Gasteiger partial charge is 0.384 e. The van der Waals surface area contributed by atoms with E-state index in [4.69, 9.17) is 11.1 Å². The van der Waals surface area contributed by atoms with E-state index < -0.39 is 0 Å². The molecule has 3 nitrogen and oxygen atoms in total. The number of nitrogens with zero attached hydrogens (tertiary/aromatic N) is 1. The summed E-state index contributed by atoms with van der Waals surface area (Å²) in [6, 6.07) is 16.3. The molecule has 0 aliphatic carbocycles. The van der Waals surface area contributed by atoms with Crippen LogP contribution in [0.3, 0.4) is 0 Å². The molecule has 0 amide bonds. The summed E-state index contributed by atoms with van der Waals surface area (Å²) in [5, 5.41) is 7.53. The van der Waals surface area contributed by atoms with Crippen molar-refractivity contribution in [3.05, 3.63) is 59.7 Å². The molecule has 0 unspecified atom stereocenters. The lowest BCUT2D eigenvalue weighted by molar-refractivity contribution is 1.02. The molecule has 2 rings (SSSR count). The average Bonchev–Trinajstić information content (AvgIpc) is 2.40. The van der Waals surface area contributed by atoms with Gasteiger partial charge >= 0.3 is 0 Å². The standard InChI is InChI=1S/C16H19N3/c1-3-19(13-7-5-4-6-8-13)14-9-10-15(16(17)18)12(2)11-14/h4-11H,3H2,1-2H3,(H3,17,18). The number of nitrogens with two attached hydrogens (primary N) is 1. The number of aryl methyl sites for hydroxylation is 1. The van der Waals surface area contributed by atoms with Crippen LogP contribution < -0.4 is 10.6 Å². The van der Waals surface area contributed by atoms with Gasteiger partial charge in [0.2, 0.25) is 0 Å². The highest BCUT2D eigenvalue weighted by Crippen LogP contribution is 2.26. The molecule has 98 valence electrons. The minimum Gasteiger partial charge on any atom is -0.384 e. The van der Waals surface area contributed by atoms with E-state index in [9.17, 15) is 0 Å². The van der Waals surface area contributed by atoms with Crippen molar-refractivity contribution in [1.29, 1.82) is 5.41 Å². The van der Waals surface area contributed by atoms with Gasteiger partial charge in [-0.2, -0.15) is 0 Å². The van der Waals surface area contributed by atoms with E-state index in [0.717, 1.165) is 23.4 Å². The topological polar surface area (TPSA) is 53.1 Å². The summed E-state index contributed by atoms with van der Waals surface area (Å²) in [5.74, 6) is 0.117. The highest BCUT2D eigenvalue weighted by Gasteiger charge is 2.09. The summed E-state index contributed by atoms with van der Waals surface area (Å²) in [4.78, 5) is 2.23. The van der Waals surface area contributed by atoms with E-state index >= 15 is 0 Å². The number of anilines is 2. The fraction of sp³-hybridized carbons (Fsp3) is 0.188. The number of nitrogen functional groups attached to an aromatic ring is 1. The first-order valence-corrected chi connectivity index (χ1v) is 6.41. The van der Waals surface area contributed by atoms with Gasteiger partial charge in [0.1, 0.15) is 5.84 Å². The molecule has 0 radical (unpaired) electrons. The number of para-hydroxylation sites is 1. The predicted octanol–water partition coefficient (Wildman–Crippen LogP) is 3.44. The number of amidine groups is 1. The second kappa shape index (κ2) is 5.57. The summed E-state index contributed by atoms with van der Waals surface area (Å²) in [7, 11) is 0. The molecule has 0 aliphatic rings. The third kappa shape index (κ3) is 2.76. The minimum absolute atomic E-state index is 0.117. The Hall–Kier alpha value is -2.29. The molecule has 0 aromatic heterocycles. The van der Waals surface area contributed by atoms with E-state index in [2.05, 4.69) is 30.0 Å². The molecule has 3 heteroatoms. The molecule has 2 aromatic carbocycles. The van der Waals surface area contributed by atoms with Gasteiger partial charge in [-0.05, 0) is 49.7 Å². The van der Waals surface area contributed by atoms with Crippen LogP contribution in [-0.2, 0) is 0 Å². The lowest BCUT2D eigenvalue weighted by Crippen LogP contribution is -2.17. The fourth-order valence-electron chi connectivity index (χ4n) is 2.24. The Morgan fingerprint density at radius 3 is 2.32 bits per heavy atom. The van der Waals surface area contributed by atoms with Crippen molar-refractivity contribution in [2.45, 2.75) is 13.8 Å². The highest BCUT2D eigenvalue weighted by molar-refractivity contribution is 5.96. The lowest BCUT2D eigenvalue weighted by Gasteiger charge is -2.24. The van der Waals surface area contributed by atoms with Crippen LogP contribution >= 0.6 is 0 Å². The van der Waals surface area contributed by atoms with Crippen LogP contribution in [0.5, 0.6) is 0 Å². The molecule has 0 aliphatic heterocycles. The van der Waals surface area contributed by atoms with E-state index in [0.29, 0.717) is 0 Å². The van der Waals surface area contributed by atoms with Crippen molar-refractivity contribution >= 4 is 17.2 Å². The van der Waals surface area contributed by atoms with Crippen molar-refractivity contribution in [2.24, 2.45) is 5.73 Å². The van der Waals surface area contributed by atoms with E-state index in [-0.39, 0.29) is 5.84 Å². The summed E-state index contributed by atoms with van der Waals surface area (Å²) in [6.07, 6.45) is 0. The zero-order valence-electron chi connectivity index (χ0n) is 11.4. The normalized spacial score (nSPS) is 10.2. The van der Waals surface area contributed by atoms with Gasteiger partial charge in [0.15, 0.2) is 0 Å². The van der Waals surface area contributed by atoms with Crippen LogP contribution in [0.4, 0.5) is 11.4 Å². The van der Waals surface area contributed by atoms with Gasteiger partial charge < -0.3 is 10.6 Å². The third-order valence-electron chi connectivity index (χ3n) is 3.20.